The largest absolute Gasteiger partial charge is 0.416 e. The number of nitrogens with two attached hydrogens (primary N) is 1. The number of piperazine rings is 1. The number of halogens is 5. The first-order valence-corrected chi connectivity index (χ1v) is 15.1. The van der Waals surface area contributed by atoms with Gasteiger partial charge in [-0.2, -0.15) is 18.4 Å². The van der Waals surface area contributed by atoms with Crippen molar-refractivity contribution in [2.24, 2.45) is 0 Å². The molecule has 1 aliphatic rings. The molecule has 3 aromatic rings. The molecule has 0 saturated carbocycles. The predicted molar refractivity (Wildman–Crippen MR) is 177 cm³/mol. The van der Waals surface area contributed by atoms with Crippen molar-refractivity contribution in [1.29, 1.82) is 5.26 Å². The van der Waals surface area contributed by atoms with Gasteiger partial charge in [0, 0.05) is 58.8 Å². The van der Waals surface area contributed by atoms with Crippen LogP contribution < -0.4 is 11.1 Å². The van der Waals surface area contributed by atoms with E-state index in [2.05, 4.69) is 11.9 Å². The molecule has 3 aromatic carbocycles. The zero-order valence-corrected chi connectivity index (χ0v) is 26.9. The second kappa shape index (κ2) is 13.9. The Morgan fingerprint density at radius 2 is 1.80 bits per heavy atom. The number of nitrogens with zero attached hydrogens (tertiary/aromatic N) is 3. The van der Waals surface area contributed by atoms with Gasteiger partial charge in [0.15, 0.2) is 6.29 Å². The van der Waals surface area contributed by atoms with Gasteiger partial charge in [-0.15, -0.1) is 0 Å². The van der Waals surface area contributed by atoms with Crippen molar-refractivity contribution in [1.82, 2.24) is 9.80 Å². The summed E-state index contributed by atoms with van der Waals surface area (Å²) in [7, 11) is 0. The molecule has 240 valence electrons. The van der Waals surface area contributed by atoms with Crippen LogP contribution >= 0.6 is 23.2 Å². The van der Waals surface area contributed by atoms with Crippen molar-refractivity contribution in [2.75, 3.05) is 30.7 Å². The van der Waals surface area contributed by atoms with Gasteiger partial charge in [-0.1, -0.05) is 61.8 Å². The first-order chi connectivity index (χ1) is 21.7. The molecule has 0 unspecified atom stereocenters. The number of hydrogen-bond donors (Lipinski definition) is 2. The highest BCUT2D eigenvalue weighted by Crippen LogP contribution is 2.45. The highest BCUT2D eigenvalue weighted by molar-refractivity contribution is 6.36. The molecule has 1 heterocycles. The highest BCUT2D eigenvalue weighted by Gasteiger charge is 2.34. The number of anilines is 3. The van der Waals surface area contributed by atoms with E-state index in [0.717, 1.165) is 17.7 Å². The van der Waals surface area contributed by atoms with E-state index < -0.39 is 11.7 Å². The van der Waals surface area contributed by atoms with Gasteiger partial charge >= 0.3 is 6.18 Å². The van der Waals surface area contributed by atoms with Crippen LogP contribution in [0.15, 0.2) is 66.8 Å². The van der Waals surface area contributed by atoms with Crippen LogP contribution in [0.3, 0.4) is 0 Å². The fraction of sp³-hybridized carbons (Fsp3) is 0.265. The van der Waals surface area contributed by atoms with Gasteiger partial charge in [0.25, 0.3) is 0 Å². The molecular weight excluding hydrogens is 638 g/mol. The van der Waals surface area contributed by atoms with E-state index in [9.17, 15) is 28.0 Å². The van der Waals surface area contributed by atoms with Gasteiger partial charge < -0.3 is 20.9 Å². The number of hydrogen-bond acceptors (Lipinski definition) is 6. The zero-order valence-electron chi connectivity index (χ0n) is 25.4. The zero-order chi connectivity index (χ0) is 33.9. The van der Waals surface area contributed by atoms with E-state index in [0.29, 0.717) is 29.8 Å². The van der Waals surface area contributed by atoms with Gasteiger partial charge in [0.1, 0.15) is 11.6 Å². The van der Waals surface area contributed by atoms with Crippen LogP contribution in [0.25, 0.3) is 16.8 Å². The van der Waals surface area contributed by atoms with Gasteiger partial charge in [-0.3, -0.25) is 9.59 Å². The number of nitriles is 1. The summed E-state index contributed by atoms with van der Waals surface area (Å²) in [6.45, 7) is 10.3. The molecular formula is C34H32Cl2F3N5O2. The molecule has 3 N–H and O–H groups in total. The number of allylic oxidation sites excluding steroid dienone is 1. The van der Waals surface area contributed by atoms with Crippen molar-refractivity contribution in [3.63, 3.8) is 0 Å². The van der Waals surface area contributed by atoms with Crippen molar-refractivity contribution in [3.05, 3.63) is 93.5 Å². The summed E-state index contributed by atoms with van der Waals surface area (Å²) in [5.41, 5.74) is 7.61. The summed E-state index contributed by atoms with van der Waals surface area (Å²) in [6.07, 6.45) is -3.03. The maximum Gasteiger partial charge on any atom is 0.416 e. The minimum absolute atomic E-state index is 0.00796. The van der Waals surface area contributed by atoms with E-state index in [1.165, 1.54) is 12.1 Å². The molecule has 0 aromatic heterocycles. The van der Waals surface area contributed by atoms with E-state index in [-0.39, 0.29) is 69.1 Å². The maximum absolute atomic E-state index is 13.8. The topological polar surface area (TPSA) is 102 Å². The second-order valence-electron chi connectivity index (χ2n) is 11.2. The lowest BCUT2D eigenvalue weighted by atomic mass is 9.94. The monoisotopic (exact) mass is 669 g/mol. The number of nitrogens with one attached hydrogen (secondary N) is 1. The fourth-order valence-electron chi connectivity index (χ4n) is 5.55. The third-order valence-corrected chi connectivity index (χ3v) is 8.48. The third-order valence-electron chi connectivity index (χ3n) is 7.86. The third kappa shape index (κ3) is 7.01. The van der Waals surface area contributed by atoms with Gasteiger partial charge in [0.2, 0.25) is 5.91 Å². The smallest absolute Gasteiger partial charge is 0.397 e. The van der Waals surface area contributed by atoms with Crippen molar-refractivity contribution >= 4 is 58.2 Å². The fourth-order valence-corrected chi connectivity index (χ4v) is 6.04. The Bertz CT molecular complexity index is 1760. The highest BCUT2D eigenvalue weighted by atomic mass is 35.5. The molecule has 46 heavy (non-hydrogen) atoms. The number of nitrogen functional groups attached to an aromatic ring is 1. The molecule has 0 aliphatic carbocycles. The van der Waals surface area contributed by atoms with Gasteiger partial charge in [-0.05, 0) is 54.8 Å². The minimum atomic E-state index is -4.71. The number of alkyl halides is 3. The molecule has 0 bridgehead atoms. The Labute approximate surface area is 275 Å². The predicted octanol–water partition coefficient (Wildman–Crippen LogP) is 8.28. The van der Waals surface area contributed by atoms with Crippen LogP contribution in [0.1, 0.15) is 43.4 Å². The Morgan fingerprint density at radius 1 is 1.11 bits per heavy atom. The number of carbonyl (C=O) groups is 2. The molecule has 0 spiro atoms. The van der Waals surface area contributed by atoms with E-state index in [1.54, 1.807) is 11.0 Å². The van der Waals surface area contributed by atoms with Crippen molar-refractivity contribution in [3.8, 4) is 17.2 Å². The number of aldehydes is 1. The average molecular weight is 671 g/mol. The molecule has 1 fully saturated rings. The van der Waals surface area contributed by atoms with Crippen LogP contribution in [0, 0.1) is 11.3 Å². The van der Waals surface area contributed by atoms with E-state index in [4.69, 9.17) is 28.9 Å². The first kappa shape index (κ1) is 34.4. The maximum atomic E-state index is 13.8. The number of benzene rings is 3. The summed E-state index contributed by atoms with van der Waals surface area (Å²) < 4.78 is 41.4. The lowest BCUT2D eigenvalue weighted by molar-refractivity contribution is -0.137. The first-order valence-electron chi connectivity index (χ1n) is 14.4. The van der Waals surface area contributed by atoms with Gasteiger partial charge in [-0.25, -0.2) is 0 Å². The molecule has 1 atom stereocenters. The quantitative estimate of drug-likeness (QED) is 0.108. The number of amides is 1. The minimum Gasteiger partial charge on any atom is -0.397 e. The molecule has 12 heteroatoms. The molecule has 1 aliphatic heterocycles. The second-order valence-corrected chi connectivity index (χ2v) is 12.0. The van der Waals surface area contributed by atoms with Gasteiger partial charge in [0.05, 0.1) is 22.0 Å². The normalized spacial score (nSPS) is 15.7. The summed E-state index contributed by atoms with van der Waals surface area (Å²) in [4.78, 5) is 28.2. The molecule has 4 rings (SSSR count). The molecule has 0 radical (unpaired) electrons. The summed E-state index contributed by atoms with van der Waals surface area (Å²) in [5, 5.41) is 13.2. The Hall–Kier alpha value is -4.46. The standard InChI is InChI=1S/C34H32Cl2F3N5O2/c1-5-31(46)43-10-11-44(20(4)17-43)33(21(16-40)18-45)26-14-27(35)24(25-12-22(34(37,38)39)13-28(36)32(25)41)15-30(26)42-29-9-7-6-8-23(29)19(2)3/h5-9,12-15,18-20,42H,1,10-11,17,41H2,2-4H3/b33-21+/t20-/m0/s1. The Balaban J connectivity index is 2.02. The average Bonchev–Trinajstić information content (AvgIpc) is 3.01. The van der Waals surface area contributed by atoms with Crippen LogP contribution in [0.2, 0.25) is 10.0 Å². The Kier molecular flexibility index (Phi) is 10.4. The number of carbonyl (C=O) groups excluding carboxylic acids is 2. The summed E-state index contributed by atoms with van der Waals surface area (Å²) in [6, 6.07) is 13.8. The number of rotatable bonds is 8. The van der Waals surface area contributed by atoms with Crippen LogP contribution in [-0.2, 0) is 15.8 Å². The van der Waals surface area contributed by atoms with Crippen LogP contribution in [-0.4, -0.2) is 47.7 Å². The molecule has 7 nitrogen and oxygen atoms in total. The lowest BCUT2D eigenvalue weighted by Gasteiger charge is -2.42. The number of para-hydroxylation sites is 1. The molecule has 1 saturated heterocycles. The lowest BCUT2D eigenvalue weighted by Crippen LogP contribution is -2.52. The van der Waals surface area contributed by atoms with Crippen molar-refractivity contribution in [2.45, 2.75) is 38.9 Å². The molecule has 1 amide bonds. The Morgan fingerprint density at radius 3 is 2.39 bits per heavy atom. The summed E-state index contributed by atoms with van der Waals surface area (Å²) >= 11 is 13.0. The summed E-state index contributed by atoms with van der Waals surface area (Å²) in [5.74, 6) is -0.155. The van der Waals surface area contributed by atoms with Crippen LogP contribution in [0.4, 0.5) is 30.2 Å². The van der Waals surface area contributed by atoms with E-state index >= 15 is 0 Å². The van der Waals surface area contributed by atoms with Crippen LogP contribution in [0.5, 0.6) is 0 Å². The van der Waals surface area contributed by atoms with E-state index in [1.807, 2.05) is 56.0 Å². The SMILES string of the molecule is C=CC(=O)N1CCN(/C(=C(\C#N)C=O)c2cc(Cl)c(-c3cc(C(F)(F)F)cc(Cl)c3N)cc2Nc2ccccc2C(C)C)[C@@H](C)C1. The van der Waals surface area contributed by atoms with Crippen molar-refractivity contribution < 1.29 is 22.8 Å².